The van der Waals surface area contributed by atoms with Gasteiger partial charge in [0.2, 0.25) is 0 Å². The largest absolute Gasteiger partial charge is 0.393 e. The molecule has 7 heteroatoms. The van der Waals surface area contributed by atoms with E-state index in [1.165, 1.54) is 0 Å². The summed E-state index contributed by atoms with van der Waals surface area (Å²) in [5.74, 6) is 0.0410. The van der Waals surface area contributed by atoms with Gasteiger partial charge in [0.15, 0.2) is 0 Å². The van der Waals surface area contributed by atoms with Crippen molar-refractivity contribution < 1.29 is 9.90 Å². The molecule has 0 radical (unpaired) electrons. The number of carbonyl (C=O) groups is 1. The number of aliphatic hydroxyl groups is 1. The SMILES string of the molecule is CCc1nnsc1C(=O)N[C@H](c1cnc2ccccc2c1)C1CC(O)C1. The predicted octanol–water partition coefficient (Wildman–Crippen LogP) is 2.89. The van der Waals surface area contributed by atoms with Gasteiger partial charge in [0.25, 0.3) is 5.91 Å². The molecule has 1 saturated carbocycles. The van der Waals surface area contributed by atoms with Crippen LogP contribution in [0.2, 0.25) is 0 Å². The average Bonchev–Trinajstić information content (AvgIpc) is 3.12. The molecule has 1 fully saturated rings. The fourth-order valence-corrected chi connectivity index (χ4v) is 4.11. The van der Waals surface area contributed by atoms with E-state index in [-0.39, 0.29) is 24.0 Å². The molecule has 2 N–H and O–H groups in total. The Morgan fingerprint density at radius 2 is 2.19 bits per heavy atom. The van der Waals surface area contributed by atoms with E-state index in [4.69, 9.17) is 0 Å². The summed E-state index contributed by atoms with van der Waals surface area (Å²) in [7, 11) is 0. The van der Waals surface area contributed by atoms with Crippen LogP contribution < -0.4 is 5.32 Å². The molecule has 0 spiro atoms. The lowest BCUT2D eigenvalue weighted by Crippen LogP contribution is -2.41. The Balaban J connectivity index is 1.64. The fourth-order valence-electron chi connectivity index (χ4n) is 3.45. The Morgan fingerprint density at radius 3 is 2.96 bits per heavy atom. The summed E-state index contributed by atoms with van der Waals surface area (Å²) < 4.78 is 3.90. The van der Waals surface area contributed by atoms with E-state index in [9.17, 15) is 9.90 Å². The molecule has 1 aliphatic carbocycles. The summed E-state index contributed by atoms with van der Waals surface area (Å²) in [6.45, 7) is 1.96. The summed E-state index contributed by atoms with van der Waals surface area (Å²) in [6, 6.07) is 9.81. The molecule has 0 bridgehead atoms. The number of rotatable bonds is 5. The molecule has 3 aromatic rings. The zero-order valence-electron chi connectivity index (χ0n) is 14.4. The summed E-state index contributed by atoms with van der Waals surface area (Å²) >= 11 is 1.12. The van der Waals surface area contributed by atoms with Crippen LogP contribution in [0, 0.1) is 5.92 Å². The Morgan fingerprint density at radius 1 is 1.38 bits per heavy atom. The van der Waals surface area contributed by atoms with E-state index in [2.05, 4.69) is 26.0 Å². The number of nitrogens with one attached hydrogen (secondary N) is 1. The lowest BCUT2D eigenvalue weighted by Gasteiger charge is -2.38. The highest BCUT2D eigenvalue weighted by molar-refractivity contribution is 7.08. The zero-order chi connectivity index (χ0) is 18.1. The third-order valence-electron chi connectivity index (χ3n) is 4.98. The van der Waals surface area contributed by atoms with Gasteiger partial charge in [-0.05, 0) is 54.4 Å². The molecule has 0 unspecified atom stereocenters. The zero-order valence-corrected chi connectivity index (χ0v) is 15.2. The van der Waals surface area contributed by atoms with Gasteiger partial charge < -0.3 is 10.4 Å². The minimum absolute atomic E-state index is 0.156. The highest BCUT2D eigenvalue weighted by Gasteiger charge is 2.36. The molecule has 2 heterocycles. The number of amides is 1. The van der Waals surface area contributed by atoms with Crippen LogP contribution in [0.1, 0.15) is 46.7 Å². The second kappa shape index (κ2) is 7.09. The van der Waals surface area contributed by atoms with Crippen LogP contribution >= 0.6 is 11.5 Å². The minimum atomic E-state index is -0.288. The van der Waals surface area contributed by atoms with Crippen molar-refractivity contribution in [2.45, 2.75) is 38.3 Å². The topological polar surface area (TPSA) is 88.0 Å². The van der Waals surface area contributed by atoms with Gasteiger partial charge in [-0.2, -0.15) is 0 Å². The van der Waals surface area contributed by atoms with Crippen molar-refractivity contribution in [3.63, 3.8) is 0 Å². The first-order valence-electron chi connectivity index (χ1n) is 8.80. The molecule has 0 aliphatic heterocycles. The van der Waals surface area contributed by atoms with Gasteiger partial charge in [0.1, 0.15) is 4.88 Å². The summed E-state index contributed by atoms with van der Waals surface area (Å²) in [5.41, 5.74) is 2.61. The van der Waals surface area contributed by atoms with E-state index in [1.807, 2.05) is 37.4 Å². The van der Waals surface area contributed by atoms with E-state index < -0.39 is 0 Å². The molecule has 134 valence electrons. The predicted molar refractivity (Wildman–Crippen MR) is 100.0 cm³/mol. The van der Waals surface area contributed by atoms with Gasteiger partial charge in [-0.15, -0.1) is 5.10 Å². The van der Waals surface area contributed by atoms with Crippen LogP contribution in [0.3, 0.4) is 0 Å². The van der Waals surface area contributed by atoms with Crippen LogP contribution in [0.5, 0.6) is 0 Å². The number of benzene rings is 1. The minimum Gasteiger partial charge on any atom is -0.393 e. The van der Waals surface area contributed by atoms with Crippen LogP contribution in [0.25, 0.3) is 10.9 Å². The lowest BCUT2D eigenvalue weighted by atomic mass is 9.75. The van der Waals surface area contributed by atoms with E-state index >= 15 is 0 Å². The normalized spacial score (nSPS) is 20.5. The second-order valence-electron chi connectivity index (χ2n) is 6.70. The van der Waals surface area contributed by atoms with E-state index in [1.54, 1.807) is 0 Å². The van der Waals surface area contributed by atoms with Crippen molar-refractivity contribution in [2.24, 2.45) is 5.92 Å². The van der Waals surface area contributed by atoms with Crippen LogP contribution in [-0.4, -0.2) is 31.7 Å². The van der Waals surface area contributed by atoms with Crippen molar-refractivity contribution >= 4 is 28.3 Å². The van der Waals surface area contributed by atoms with Gasteiger partial charge in [0.05, 0.1) is 23.4 Å². The molecule has 1 amide bonds. The molecule has 2 aromatic heterocycles. The molecule has 26 heavy (non-hydrogen) atoms. The van der Waals surface area contributed by atoms with Crippen LogP contribution in [0.15, 0.2) is 36.5 Å². The Kier molecular flexibility index (Phi) is 4.65. The maximum atomic E-state index is 12.8. The monoisotopic (exact) mass is 368 g/mol. The van der Waals surface area contributed by atoms with E-state index in [0.717, 1.165) is 33.7 Å². The number of para-hydroxylation sites is 1. The highest BCUT2D eigenvalue weighted by Crippen LogP contribution is 2.38. The molecule has 1 aromatic carbocycles. The van der Waals surface area contributed by atoms with Crippen molar-refractivity contribution in [2.75, 3.05) is 0 Å². The number of fused-ring (bicyclic) bond motifs is 1. The number of pyridine rings is 1. The van der Waals surface area contributed by atoms with Gasteiger partial charge in [-0.1, -0.05) is 29.6 Å². The second-order valence-corrected chi connectivity index (χ2v) is 7.45. The van der Waals surface area contributed by atoms with Gasteiger partial charge in [-0.25, -0.2) is 0 Å². The first-order chi connectivity index (χ1) is 12.7. The number of aryl methyl sites for hydroxylation is 1. The maximum absolute atomic E-state index is 12.8. The number of nitrogens with zero attached hydrogens (tertiary/aromatic N) is 3. The number of aromatic nitrogens is 3. The molecule has 6 nitrogen and oxygen atoms in total. The van der Waals surface area contributed by atoms with Crippen LogP contribution in [-0.2, 0) is 6.42 Å². The molecular formula is C19H20N4O2S. The standard InChI is InChI=1S/C19H20N4O2S/c1-2-15-18(26-23-22-15)19(25)21-17(12-8-14(24)9-12)13-7-11-5-3-4-6-16(11)20-10-13/h3-7,10,12,14,17,24H,2,8-9H2,1H3,(H,21,25)/t12?,14?,17-/m0/s1. The van der Waals surface area contributed by atoms with Crippen LogP contribution in [0.4, 0.5) is 0 Å². The highest BCUT2D eigenvalue weighted by atomic mass is 32.1. The van der Waals surface area contributed by atoms with Crippen molar-refractivity contribution in [1.29, 1.82) is 0 Å². The fraction of sp³-hybridized carbons (Fsp3) is 0.368. The van der Waals surface area contributed by atoms with Crippen molar-refractivity contribution in [3.05, 3.63) is 52.7 Å². The number of hydrogen-bond acceptors (Lipinski definition) is 6. The Bertz CT molecular complexity index is 936. The Labute approximate surface area is 155 Å². The Hall–Kier alpha value is -2.38. The molecular weight excluding hydrogens is 348 g/mol. The third kappa shape index (κ3) is 3.20. The van der Waals surface area contributed by atoms with E-state index in [0.29, 0.717) is 24.1 Å². The van der Waals surface area contributed by atoms with Gasteiger partial charge in [0, 0.05) is 11.6 Å². The van der Waals surface area contributed by atoms with Crippen molar-refractivity contribution in [3.8, 4) is 0 Å². The first kappa shape index (κ1) is 17.1. The average molecular weight is 368 g/mol. The summed E-state index contributed by atoms with van der Waals surface area (Å²) in [4.78, 5) is 17.9. The number of aliphatic hydroxyl groups excluding tert-OH is 1. The maximum Gasteiger partial charge on any atom is 0.265 e. The quantitative estimate of drug-likeness (QED) is 0.723. The first-order valence-corrected chi connectivity index (χ1v) is 9.58. The molecule has 1 aliphatic rings. The number of carbonyl (C=O) groups excluding carboxylic acids is 1. The molecule has 0 saturated heterocycles. The third-order valence-corrected chi connectivity index (χ3v) is 5.74. The summed E-state index contributed by atoms with van der Waals surface area (Å²) in [6.07, 6.45) is 3.57. The van der Waals surface area contributed by atoms with Gasteiger partial charge in [-0.3, -0.25) is 9.78 Å². The smallest absolute Gasteiger partial charge is 0.265 e. The van der Waals surface area contributed by atoms with Crippen molar-refractivity contribution in [1.82, 2.24) is 19.9 Å². The van der Waals surface area contributed by atoms with Gasteiger partial charge >= 0.3 is 0 Å². The lowest BCUT2D eigenvalue weighted by molar-refractivity contribution is 0.0235. The number of hydrogen-bond donors (Lipinski definition) is 2. The molecule has 1 atom stereocenters. The molecule has 4 rings (SSSR count). The summed E-state index contributed by atoms with van der Waals surface area (Å²) in [5, 5.41) is 17.9.